The molecule has 0 spiro atoms. The van der Waals surface area contributed by atoms with E-state index in [1.54, 1.807) is 0 Å². The summed E-state index contributed by atoms with van der Waals surface area (Å²) in [4.78, 5) is 21.2. The molecule has 0 rings (SSSR count). The molecule has 0 N–H and O–H groups in total. The molecule has 64 valence electrons. The summed E-state index contributed by atoms with van der Waals surface area (Å²) in [5.41, 5.74) is 0. The quantitative estimate of drug-likeness (QED) is 0.569. The first kappa shape index (κ1) is 10.3. The second kappa shape index (κ2) is 5.05. The van der Waals surface area contributed by atoms with Crippen molar-refractivity contribution < 1.29 is 9.59 Å². The van der Waals surface area contributed by atoms with Crippen LogP contribution in [0.15, 0.2) is 0 Å². The van der Waals surface area contributed by atoms with Crippen LogP contribution in [0.5, 0.6) is 0 Å². The van der Waals surface area contributed by atoms with E-state index in [1.807, 2.05) is 20.8 Å². The first-order valence-corrected chi connectivity index (χ1v) is 4.06. The Labute approximate surface area is 68.0 Å². The Balaban J connectivity index is 3.54. The van der Waals surface area contributed by atoms with Crippen molar-refractivity contribution in [2.75, 3.05) is 0 Å². The monoisotopic (exact) mass is 156 g/mol. The Morgan fingerprint density at radius 2 is 1.91 bits per heavy atom. The fourth-order valence-electron chi connectivity index (χ4n) is 0.727. The average molecular weight is 156 g/mol. The molecule has 0 saturated heterocycles. The molecule has 0 amide bonds. The lowest BCUT2D eigenvalue weighted by Gasteiger charge is -2.04. The topological polar surface area (TPSA) is 34.1 Å². The summed E-state index contributed by atoms with van der Waals surface area (Å²) in [6.45, 7) is 5.60. The fourth-order valence-corrected chi connectivity index (χ4v) is 0.727. The largest absolute Gasteiger partial charge is 0.303 e. The lowest BCUT2D eigenvalue weighted by atomic mass is 9.99. The number of hydrogen-bond donors (Lipinski definition) is 0. The molecule has 11 heavy (non-hydrogen) atoms. The second-order valence-corrected chi connectivity index (χ2v) is 3.27. The van der Waals surface area contributed by atoms with Gasteiger partial charge in [-0.1, -0.05) is 20.8 Å². The predicted octanol–water partition coefficient (Wildman–Crippen LogP) is 1.83. The van der Waals surface area contributed by atoms with Crippen LogP contribution in [0.3, 0.4) is 0 Å². The van der Waals surface area contributed by atoms with Crippen LogP contribution >= 0.6 is 0 Å². The predicted molar refractivity (Wildman–Crippen MR) is 44.3 cm³/mol. The van der Waals surface area contributed by atoms with Crippen LogP contribution < -0.4 is 0 Å². The number of hydrogen-bond acceptors (Lipinski definition) is 2. The third-order valence-electron chi connectivity index (χ3n) is 1.72. The number of ketones is 1. The van der Waals surface area contributed by atoms with Gasteiger partial charge < -0.3 is 4.79 Å². The van der Waals surface area contributed by atoms with E-state index in [1.165, 1.54) is 0 Å². The number of carbonyl (C=O) groups is 2. The highest BCUT2D eigenvalue weighted by Crippen LogP contribution is 2.06. The van der Waals surface area contributed by atoms with Gasteiger partial charge in [0.05, 0.1) is 0 Å². The molecule has 0 aromatic carbocycles. The summed E-state index contributed by atoms with van der Waals surface area (Å²) >= 11 is 0. The molecular formula is C9H16O2. The van der Waals surface area contributed by atoms with Gasteiger partial charge in [0.15, 0.2) is 0 Å². The van der Waals surface area contributed by atoms with Crippen molar-refractivity contribution in [2.24, 2.45) is 11.8 Å². The SMILES string of the molecule is CC(C=O)CCC(=O)C(C)C. The molecule has 0 aliphatic rings. The highest BCUT2D eigenvalue weighted by molar-refractivity contribution is 5.80. The van der Waals surface area contributed by atoms with Gasteiger partial charge in [-0.3, -0.25) is 4.79 Å². The van der Waals surface area contributed by atoms with Gasteiger partial charge in [0.25, 0.3) is 0 Å². The van der Waals surface area contributed by atoms with Crippen LogP contribution in [0.25, 0.3) is 0 Å². The number of Topliss-reactive ketones (excluding diaryl/α,β-unsaturated/α-hetero) is 1. The summed E-state index contributed by atoms with van der Waals surface area (Å²) in [6.07, 6.45) is 2.13. The van der Waals surface area contributed by atoms with E-state index < -0.39 is 0 Å². The van der Waals surface area contributed by atoms with Crippen LogP contribution in [-0.2, 0) is 9.59 Å². The molecule has 0 aromatic rings. The number of carbonyl (C=O) groups excluding carboxylic acids is 2. The van der Waals surface area contributed by atoms with Crippen molar-refractivity contribution in [1.29, 1.82) is 0 Å². The molecule has 0 aliphatic heterocycles. The third-order valence-corrected chi connectivity index (χ3v) is 1.72. The van der Waals surface area contributed by atoms with Crippen molar-refractivity contribution in [3.05, 3.63) is 0 Å². The highest BCUT2D eigenvalue weighted by atomic mass is 16.1. The van der Waals surface area contributed by atoms with Gasteiger partial charge in [0, 0.05) is 18.3 Å². The van der Waals surface area contributed by atoms with Crippen LogP contribution in [0.2, 0.25) is 0 Å². The molecule has 0 aromatic heterocycles. The maximum atomic E-state index is 11.0. The van der Waals surface area contributed by atoms with Gasteiger partial charge in [-0.25, -0.2) is 0 Å². The molecule has 2 heteroatoms. The van der Waals surface area contributed by atoms with Gasteiger partial charge in [0.2, 0.25) is 0 Å². The highest BCUT2D eigenvalue weighted by Gasteiger charge is 2.08. The van der Waals surface area contributed by atoms with E-state index in [0.717, 1.165) is 6.29 Å². The summed E-state index contributed by atoms with van der Waals surface area (Å²) in [6, 6.07) is 0. The standard InChI is InChI=1S/C9H16O2/c1-7(2)9(11)5-4-8(3)6-10/h6-8H,4-5H2,1-3H3. The number of aldehydes is 1. The van der Waals surface area contributed by atoms with Crippen molar-refractivity contribution in [2.45, 2.75) is 33.6 Å². The molecule has 1 unspecified atom stereocenters. The van der Waals surface area contributed by atoms with Crippen LogP contribution in [0.1, 0.15) is 33.6 Å². The van der Waals surface area contributed by atoms with E-state index >= 15 is 0 Å². The lowest BCUT2D eigenvalue weighted by molar-refractivity contribution is -0.122. The molecule has 1 atom stereocenters. The second-order valence-electron chi connectivity index (χ2n) is 3.27. The summed E-state index contributed by atoms with van der Waals surface area (Å²) < 4.78 is 0. The van der Waals surface area contributed by atoms with E-state index in [9.17, 15) is 9.59 Å². The zero-order chi connectivity index (χ0) is 8.85. The van der Waals surface area contributed by atoms with E-state index in [2.05, 4.69) is 0 Å². The first-order chi connectivity index (χ1) is 5.07. The molecule has 0 fully saturated rings. The Morgan fingerprint density at radius 3 is 2.27 bits per heavy atom. The third kappa shape index (κ3) is 4.71. The molecule has 0 saturated carbocycles. The van der Waals surface area contributed by atoms with E-state index in [4.69, 9.17) is 0 Å². The summed E-state index contributed by atoms with van der Waals surface area (Å²) in [5, 5.41) is 0. The molecular weight excluding hydrogens is 140 g/mol. The zero-order valence-electron chi connectivity index (χ0n) is 7.46. The Kier molecular flexibility index (Phi) is 4.75. The van der Waals surface area contributed by atoms with Crippen molar-refractivity contribution in [1.82, 2.24) is 0 Å². The normalized spacial score (nSPS) is 13.1. The van der Waals surface area contributed by atoms with Gasteiger partial charge in [0.1, 0.15) is 12.1 Å². The Bertz CT molecular complexity index is 138. The van der Waals surface area contributed by atoms with Gasteiger partial charge >= 0.3 is 0 Å². The zero-order valence-corrected chi connectivity index (χ0v) is 7.46. The summed E-state index contributed by atoms with van der Waals surface area (Å²) in [5.74, 6) is 0.380. The average Bonchev–Trinajstić information content (AvgIpc) is 1.99. The number of rotatable bonds is 5. The van der Waals surface area contributed by atoms with Crippen LogP contribution in [0, 0.1) is 11.8 Å². The summed E-state index contributed by atoms with van der Waals surface area (Å²) in [7, 11) is 0. The van der Waals surface area contributed by atoms with Crippen LogP contribution in [-0.4, -0.2) is 12.1 Å². The van der Waals surface area contributed by atoms with Crippen LogP contribution in [0.4, 0.5) is 0 Å². The maximum Gasteiger partial charge on any atom is 0.135 e. The molecule has 0 heterocycles. The minimum absolute atomic E-state index is 0.0256. The van der Waals surface area contributed by atoms with Gasteiger partial charge in [-0.15, -0.1) is 0 Å². The van der Waals surface area contributed by atoms with Gasteiger partial charge in [-0.2, -0.15) is 0 Å². The van der Waals surface area contributed by atoms with E-state index in [0.29, 0.717) is 12.8 Å². The molecule has 0 bridgehead atoms. The lowest BCUT2D eigenvalue weighted by Crippen LogP contribution is -2.08. The Morgan fingerprint density at radius 1 is 1.36 bits per heavy atom. The minimum atomic E-state index is 0.0256. The van der Waals surface area contributed by atoms with Crippen molar-refractivity contribution in [3.63, 3.8) is 0 Å². The molecule has 2 nitrogen and oxygen atoms in total. The fraction of sp³-hybridized carbons (Fsp3) is 0.778. The van der Waals surface area contributed by atoms with Crippen molar-refractivity contribution >= 4 is 12.1 Å². The Hall–Kier alpha value is -0.660. The van der Waals surface area contributed by atoms with Gasteiger partial charge in [-0.05, 0) is 6.42 Å². The van der Waals surface area contributed by atoms with E-state index in [-0.39, 0.29) is 17.6 Å². The minimum Gasteiger partial charge on any atom is -0.303 e. The molecule has 0 radical (unpaired) electrons. The first-order valence-electron chi connectivity index (χ1n) is 4.06. The maximum absolute atomic E-state index is 11.0. The molecule has 0 aliphatic carbocycles. The smallest absolute Gasteiger partial charge is 0.135 e. The van der Waals surface area contributed by atoms with Crippen molar-refractivity contribution in [3.8, 4) is 0 Å².